The van der Waals surface area contributed by atoms with Crippen molar-refractivity contribution in [3.05, 3.63) is 51.7 Å². The van der Waals surface area contributed by atoms with E-state index in [0.717, 1.165) is 30.3 Å². The standard InChI is InChI=1S/C21H18O9/c1-3-28-20(26)12-5-10(14(22)7-15(12)23)18-8-16(24)11-6-13(21(27)29-4-2)17(25)9-19(11)30-18/h5-9,22-23,25H,3-4H2,1-2H3. The van der Waals surface area contributed by atoms with Gasteiger partial charge in [0.15, 0.2) is 5.43 Å². The molecule has 0 aliphatic carbocycles. The van der Waals surface area contributed by atoms with Gasteiger partial charge in [-0.1, -0.05) is 0 Å². The van der Waals surface area contributed by atoms with Gasteiger partial charge in [-0.25, -0.2) is 9.59 Å². The second-order valence-corrected chi connectivity index (χ2v) is 6.17. The molecule has 0 saturated carbocycles. The largest absolute Gasteiger partial charge is 0.507 e. The molecule has 30 heavy (non-hydrogen) atoms. The lowest BCUT2D eigenvalue weighted by molar-refractivity contribution is 0.0513. The molecule has 0 saturated heterocycles. The maximum Gasteiger partial charge on any atom is 0.341 e. The summed E-state index contributed by atoms with van der Waals surface area (Å²) in [4.78, 5) is 36.5. The average molecular weight is 414 g/mol. The normalized spacial score (nSPS) is 10.7. The molecular weight excluding hydrogens is 396 g/mol. The maximum absolute atomic E-state index is 12.6. The van der Waals surface area contributed by atoms with Crippen molar-refractivity contribution in [3.8, 4) is 28.6 Å². The third kappa shape index (κ3) is 3.77. The summed E-state index contributed by atoms with van der Waals surface area (Å²) in [6, 6.07) is 5.33. The van der Waals surface area contributed by atoms with Crippen molar-refractivity contribution in [3.63, 3.8) is 0 Å². The number of hydrogen-bond donors (Lipinski definition) is 3. The van der Waals surface area contributed by atoms with Crippen LogP contribution in [-0.4, -0.2) is 40.5 Å². The molecule has 0 radical (unpaired) electrons. The van der Waals surface area contributed by atoms with Crippen LogP contribution in [0.25, 0.3) is 22.3 Å². The van der Waals surface area contributed by atoms with E-state index in [1.54, 1.807) is 13.8 Å². The summed E-state index contributed by atoms with van der Waals surface area (Å²) in [5.41, 5.74) is -1.10. The fraction of sp³-hybridized carbons (Fsp3) is 0.190. The van der Waals surface area contributed by atoms with E-state index in [1.165, 1.54) is 0 Å². The minimum absolute atomic E-state index is 0.00323. The van der Waals surface area contributed by atoms with Crippen molar-refractivity contribution in [2.45, 2.75) is 13.8 Å². The van der Waals surface area contributed by atoms with E-state index >= 15 is 0 Å². The van der Waals surface area contributed by atoms with Crippen LogP contribution >= 0.6 is 0 Å². The van der Waals surface area contributed by atoms with Gasteiger partial charge < -0.3 is 29.2 Å². The van der Waals surface area contributed by atoms with E-state index in [1.807, 2.05) is 0 Å². The van der Waals surface area contributed by atoms with Gasteiger partial charge in [0.05, 0.1) is 24.2 Å². The molecule has 0 spiro atoms. The third-order valence-corrected chi connectivity index (χ3v) is 4.22. The molecule has 156 valence electrons. The highest BCUT2D eigenvalue weighted by atomic mass is 16.5. The first-order chi connectivity index (χ1) is 14.3. The number of hydrogen-bond acceptors (Lipinski definition) is 9. The molecule has 0 aliphatic rings. The van der Waals surface area contributed by atoms with Crippen molar-refractivity contribution in [1.82, 2.24) is 0 Å². The van der Waals surface area contributed by atoms with Crippen LogP contribution in [0.5, 0.6) is 17.2 Å². The smallest absolute Gasteiger partial charge is 0.341 e. The number of fused-ring (bicyclic) bond motifs is 1. The summed E-state index contributed by atoms with van der Waals surface area (Å²) in [6.07, 6.45) is 0. The van der Waals surface area contributed by atoms with E-state index in [-0.39, 0.29) is 46.6 Å². The van der Waals surface area contributed by atoms with Crippen LogP contribution in [-0.2, 0) is 9.47 Å². The molecule has 0 fully saturated rings. The summed E-state index contributed by atoms with van der Waals surface area (Å²) in [7, 11) is 0. The summed E-state index contributed by atoms with van der Waals surface area (Å²) in [5, 5.41) is 30.2. The fourth-order valence-electron chi connectivity index (χ4n) is 2.84. The molecule has 2 aromatic carbocycles. The topological polar surface area (TPSA) is 144 Å². The van der Waals surface area contributed by atoms with Crippen LogP contribution in [0.2, 0.25) is 0 Å². The Morgan fingerprint density at radius 3 is 2.00 bits per heavy atom. The van der Waals surface area contributed by atoms with E-state index in [2.05, 4.69) is 0 Å². The van der Waals surface area contributed by atoms with Gasteiger partial charge in [0.1, 0.15) is 39.7 Å². The second kappa shape index (κ2) is 8.16. The minimum Gasteiger partial charge on any atom is -0.507 e. The molecule has 3 N–H and O–H groups in total. The Labute approximate surface area is 169 Å². The predicted molar refractivity (Wildman–Crippen MR) is 105 cm³/mol. The maximum atomic E-state index is 12.6. The van der Waals surface area contributed by atoms with Gasteiger partial charge >= 0.3 is 11.9 Å². The number of ether oxygens (including phenoxy) is 2. The number of benzene rings is 2. The van der Waals surface area contributed by atoms with E-state index < -0.39 is 34.6 Å². The number of aromatic hydroxyl groups is 3. The molecule has 0 amide bonds. The zero-order chi connectivity index (χ0) is 22.0. The second-order valence-electron chi connectivity index (χ2n) is 6.17. The number of esters is 2. The lowest BCUT2D eigenvalue weighted by atomic mass is 10.0. The van der Waals surface area contributed by atoms with Crippen LogP contribution < -0.4 is 5.43 Å². The first-order valence-corrected chi connectivity index (χ1v) is 8.98. The number of carbonyl (C=O) groups excluding carboxylic acids is 2. The number of rotatable bonds is 5. The summed E-state index contributed by atoms with van der Waals surface area (Å²) < 4.78 is 15.3. The van der Waals surface area contributed by atoms with Crippen molar-refractivity contribution in [2.24, 2.45) is 0 Å². The number of carbonyl (C=O) groups is 2. The van der Waals surface area contributed by atoms with Gasteiger partial charge in [0, 0.05) is 18.2 Å². The number of phenols is 3. The highest BCUT2D eigenvalue weighted by molar-refractivity contribution is 5.98. The fourth-order valence-corrected chi connectivity index (χ4v) is 2.84. The quantitative estimate of drug-likeness (QED) is 0.537. The average Bonchev–Trinajstić information content (AvgIpc) is 2.67. The van der Waals surface area contributed by atoms with Gasteiger partial charge in [-0.15, -0.1) is 0 Å². The first-order valence-electron chi connectivity index (χ1n) is 8.98. The molecule has 9 heteroatoms. The van der Waals surface area contributed by atoms with Crippen molar-refractivity contribution < 1.29 is 38.8 Å². The molecular formula is C21H18O9. The molecule has 0 bridgehead atoms. The zero-order valence-electron chi connectivity index (χ0n) is 16.1. The Bertz CT molecular complexity index is 1210. The van der Waals surface area contributed by atoms with Gasteiger partial charge in [-0.3, -0.25) is 4.79 Å². The molecule has 3 rings (SSSR count). The Morgan fingerprint density at radius 2 is 1.40 bits per heavy atom. The zero-order valence-corrected chi connectivity index (χ0v) is 16.1. The van der Waals surface area contributed by atoms with Gasteiger partial charge in [0.2, 0.25) is 0 Å². The highest BCUT2D eigenvalue weighted by Crippen LogP contribution is 2.36. The predicted octanol–water partition coefficient (Wildman–Crippen LogP) is 2.93. The molecule has 1 aromatic heterocycles. The lowest BCUT2D eigenvalue weighted by Crippen LogP contribution is -2.08. The van der Waals surface area contributed by atoms with Crippen LogP contribution in [0.3, 0.4) is 0 Å². The van der Waals surface area contributed by atoms with Crippen molar-refractivity contribution in [2.75, 3.05) is 13.2 Å². The Kier molecular flexibility index (Phi) is 5.63. The van der Waals surface area contributed by atoms with Crippen LogP contribution in [0.1, 0.15) is 34.6 Å². The van der Waals surface area contributed by atoms with Gasteiger partial charge in [0.25, 0.3) is 0 Å². The molecule has 0 atom stereocenters. The van der Waals surface area contributed by atoms with Crippen LogP contribution in [0.15, 0.2) is 39.5 Å². The molecule has 9 nitrogen and oxygen atoms in total. The summed E-state index contributed by atoms with van der Waals surface area (Å²) in [5.74, 6) is -3.15. The molecule has 0 aliphatic heterocycles. The monoisotopic (exact) mass is 414 g/mol. The van der Waals surface area contributed by atoms with Crippen LogP contribution in [0.4, 0.5) is 0 Å². The van der Waals surface area contributed by atoms with Crippen molar-refractivity contribution in [1.29, 1.82) is 0 Å². The minimum atomic E-state index is -0.823. The Balaban J connectivity index is 2.17. The van der Waals surface area contributed by atoms with Gasteiger partial charge in [-0.2, -0.15) is 0 Å². The van der Waals surface area contributed by atoms with Crippen molar-refractivity contribution >= 4 is 22.9 Å². The first kappa shape index (κ1) is 20.7. The van der Waals surface area contributed by atoms with E-state index in [0.29, 0.717) is 0 Å². The SMILES string of the molecule is CCOC(=O)c1cc(-c2cc(=O)c3cc(C(=O)OCC)c(O)cc3o2)c(O)cc1O. The molecule has 0 unspecified atom stereocenters. The lowest BCUT2D eigenvalue weighted by Gasteiger charge is -2.10. The van der Waals surface area contributed by atoms with E-state index in [9.17, 15) is 29.7 Å². The number of phenolic OH excluding ortho intramolecular Hbond substituents is 3. The summed E-state index contributed by atoms with van der Waals surface area (Å²) in [6.45, 7) is 3.36. The molecule has 3 aromatic rings. The summed E-state index contributed by atoms with van der Waals surface area (Å²) >= 11 is 0. The Hall–Kier alpha value is -4.01. The highest BCUT2D eigenvalue weighted by Gasteiger charge is 2.21. The molecule has 1 heterocycles. The van der Waals surface area contributed by atoms with E-state index in [4.69, 9.17) is 13.9 Å². The van der Waals surface area contributed by atoms with Crippen LogP contribution in [0, 0.1) is 0 Å². The Morgan fingerprint density at radius 1 is 0.833 bits per heavy atom. The third-order valence-electron chi connectivity index (χ3n) is 4.22. The van der Waals surface area contributed by atoms with Gasteiger partial charge in [-0.05, 0) is 26.0 Å².